The number of pyridine rings is 1. The number of H-pyrrole nitrogens is 1. The van der Waals surface area contributed by atoms with Gasteiger partial charge in [0.25, 0.3) is 5.91 Å². The van der Waals surface area contributed by atoms with Crippen LogP contribution in [0, 0.1) is 6.92 Å². The Bertz CT molecular complexity index is 1620. The summed E-state index contributed by atoms with van der Waals surface area (Å²) in [5.41, 5.74) is 5.50. The Morgan fingerprint density at radius 2 is 1.74 bits per heavy atom. The fraction of sp³-hybridized carbons (Fsp3) is 0.259. The smallest absolute Gasteiger partial charge is 0.326 e. The molecule has 35 heavy (non-hydrogen) atoms. The van der Waals surface area contributed by atoms with Crippen LogP contribution in [0.2, 0.25) is 0 Å². The minimum Gasteiger partial charge on any atom is -0.338 e. The van der Waals surface area contributed by atoms with Crippen molar-refractivity contribution in [2.24, 2.45) is 7.05 Å². The second-order valence-corrected chi connectivity index (χ2v) is 9.17. The van der Waals surface area contributed by atoms with Crippen molar-refractivity contribution in [3.05, 3.63) is 82.4 Å². The maximum absolute atomic E-state index is 13.8. The number of aromatic nitrogens is 5. The van der Waals surface area contributed by atoms with Crippen LogP contribution in [-0.2, 0) is 7.05 Å². The highest BCUT2D eigenvalue weighted by Crippen LogP contribution is 2.30. The van der Waals surface area contributed by atoms with E-state index in [9.17, 15) is 9.59 Å². The van der Waals surface area contributed by atoms with Crippen LogP contribution in [0.4, 0.5) is 0 Å². The molecule has 0 atom stereocenters. The third-order valence-corrected chi connectivity index (χ3v) is 7.01. The predicted octanol–water partition coefficient (Wildman–Crippen LogP) is 4.06. The number of para-hydroxylation sites is 2. The van der Waals surface area contributed by atoms with Crippen molar-refractivity contribution < 1.29 is 4.79 Å². The minimum absolute atomic E-state index is 0.0181. The maximum Gasteiger partial charge on any atom is 0.326 e. The van der Waals surface area contributed by atoms with Gasteiger partial charge in [-0.05, 0) is 38.0 Å². The number of carbonyl (C=O) groups is 1. The molecule has 4 heterocycles. The molecule has 176 valence electrons. The van der Waals surface area contributed by atoms with Gasteiger partial charge >= 0.3 is 5.69 Å². The lowest BCUT2D eigenvalue weighted by molar-refractivity contribution is 0.0697. The summed E-state index contributed by atoms with van der Waals surface area (Å²) in [6, 6.07) is 19.6. The lowest BCUT2D eigenvalue weighted by Gasteiger charge is -2.32. The van der Waals surface area contributed by atoms with Crippen molar-refractivity contribution in [3.63, 3.8) is 0 Å². The number of aryl methyl sites for hydroxylation is 2. The first-order chi connectivity index (χ1) is 17.0. The minimum atomic E-state index is -0.0923. The Hall–Kier alpha value is -4.20. The molecule has 2 aromatic carbocycles. The molecule has 0 unspecified atom stereocenters. The number of carbonyl (C=O) groups excluding carboxylic acids is 1. The van der Waals surface area contributed by atoms with Gasteiger partial charge < -0.3 is 9.88 Å². The highest BCUT2D eigenvalue weighted by molar-refractivity contribution is 6.07. The number of likely N-dealkylation sites (tertiary alicyclic amines) is 1. The molecular weight excluding hydrogens is 440 g/mol. The predicted molar refractivity (Wildman–Crippen MR) is 135 cm³/mol. The van der Waals surface area contributed by atoms with Crippen molar-refractivity contribution >= 4 is 28.0 Å². The molecule has 8 nitrogen and oxygen atoms in total. The molecule has 3 aromatic heterocycles. The summed E-state index contributed by atoms with van der Waals surface area (Å²) in [6.45, 7) is 3.08. The molecule has 1 saturated heterocycles. The second kappa shape index (κ2) is 8.23. The fourth-order valence-electron chi connectivity index (χ4n) is 5.30. The van der Waals surface area contributed by atoms with E-state index in [0.29, 0.717) is 24.3 Å². The summed E-state index contributed by atoms with van der Waals surface area (Å²) in [5.74, 6) is -0.0181. The second-order valence-electron chi connectivity index (χ2n) is 9.17. The third kappa shape index (κ3) is 3.53. The van der Waals surface area contributed by atoms with Gasteiger partial charge in [-0.25, -0.2) is 9.78 Å². The van der Waals surface area contributed by atoms with E-state index in [1.165, 1.54) is 0 Å². The van der Waals surface area contributed by atoms with Crippen molar-refractivity contribution in [3.8, 4) is 11.3 Å². The van der Waals surface area contributed by atoms with E-state index >= 15 is 0 Å². The number of nitrogens with one attached hydrogen (secondary N) is 1. The quantitative estimate of drug-likeness (QED) is 0.434. The van der Waals surface area contributed by atoms with Gasteiger partial charge in [0.2, 0.25) is 0 Å². The zero-order valence-corrected chi connectivity index (χ0v) is 19.7. The molecular formula is C27H26N6O2. The Labute approximate surface area is 201 Å². The van der Waals surface area contributed by atoms with Crippen LogP contribution >= 0.6 is 0 Å². The molecule has 0 radical (unpaired) electrons. The highest BCUT2D eigenvalue weighted by Gasteiger charge is 2.29. The van der Waals surface area contributed by atoms with Crippen molar-refractivity contribution in [2.75, 3.05) is 13.1 Å². The Morgan fingerprint density at radius 3 is 2.51 bits per heavy atom. The Balaban J connectivity index is 1.33. The van der Waals surface area contributed by atoms with Gasteiger partial charge in [-0.15, -0.1) is 0 Å². The topological polar surface area (TPSA) is 88.8 Å². The molecule has 0 spiro atoms. The maximum atomic E-state index is 13.8. The van der Waals surface area contributed by atoms with Gasteiger partial charge in [0.15, 0.2) is 5.65 Å². The summed E-state index contributed by atoms with van der Waals surface area (Å²) in [4.78, 5) is 36.1. The first kappa shape index (κ1) is 21.3. The SMILES string of the molecule is Cc1nn(C)c2nc(-c3ccccc3)cc(C(=O)N3CCC(n4c(=O)[nH]c5ccccc54)CC3)c12. The molecule has 1 aliphatic rings. The van der Waals surface area contributed by atoms with Crippen LogP contribution in [0.3, 0.4) is 0 Å². The Kier molecular flexibility index (Phi) is 5.02. The van der Waals surface area contributed by atoms with E-state index in [2.05, 4.69) is 10.1 Å². The largest absolute Gasteiger partial charge is 0.338 e. The molecule has 0 bridgehead atoms. The number of piperidine rings is 1. The van der Waals surface area contributed by atoms with E-state index in [4.69, 9.17) is 4.98 Å². The van der Waals surface area contributed by atoms with Gasteiger partial charge in [-0.3, -0.25) is 14.0 Å². The number of hydrogen-bond donors (Lipinski definition) is 1. The van der Waals surface area contributed by atoms with Crippen LogP contribution in [0.1, 0.15) is 34.9 Å². The molecule has 1 amide bonds. The van der Waals surface area contributed by atoms with E-state index in [1.54, 1.807) is 4.68 Å². The van der Waals surface area contributed by atoms with Crippen LogP contribution in [0.15, 0.2) is 65.5 Å². The number of aromatic amines is 1. The summed E-state index contributed by atoms with van der Waals surface area (Å²) in [7, 11) is 1.86. The number of hydrogen-bond acceptors (Lipinski definition) is 4. The van der Waals surface area contributed by atoms with E-state index < -0.39 is 0 Å². The van der Waals surface area contributed by atoms with Crippen LogP contribution < -0.4 is 5.69 Å². The average molecular weight is 467 g/mol. The van der Waals surface area contributed by atoms with Crippen molar-refractivity contribution in [1.82, 2.24) is 29.2 Å². The van der Waals surface area contributed by atoms with Gasteiger partial charge in [0.05, 0.1) is 33.4 Å². The summed E-state index contributed by atoms with van der Waals surface area (Å²) >= 11 is 0. The fourth-order valence-corrected chi connectivity index (χ4v) is 5.30. The number of imidazole rings is 1. The van der Waals surface area contributed by atoms with E-state index in [1.807, 2.05) is 84.1 Å². The molecule has 1 fully saturated rings. The van der Waals surface area contributed by atoms with Crippen LogP contribution in [-0.4, -0.2) is 48.2 Å². The van der Waals surface area contributed by atoms with E-state index in [-0.39, 0.29) is 17.6 Å². The number of nitrogens with zero attached hydrogens (tertiary/aromatic N) is 5. The zero-order chi connectivity index (χ0) is 24.1. The first-order valence-electron chi connectivity index (χ1n) is 11.9. The zero-order valence-electron chi connectivity index (χ0n) is 19.7. The average Bonchev–Trinajstić information content (AvgIpc) is 3.38. The summed E-state index contributed by atoms with van der Waals surface area (Å²) in [6.07, 6.45) is 1.44. The molecule has 0 aliphatic carbocycles. The van der Waals surface area contributed by atoms with Gasteiger partial charge in [-0.1, -0.05) is 42.5 Å². The van der Waals surface area contributed by atoms with Gasteiger partial charge in [0.1, 0.15) is 0 Å². The number of rotatable bonds is 3. The van der Waals surface area contributed by atoms with Gasteiger partial charge in [0, 0.05) is 31.7 Å². The standard InChI is InChI=1S/C27H26N6O2/c1-17-24-20(16-22(18-8-4-3-5-9-18)28-25(24)31(2)30-17)26(34)32-14-12-19(13-15-32)33-23-11-7-6-10-21(23)29-27(33)35/h3-11,16,19H,12-15H2,1-2H3,(H,29,35). The molecule has 6 rings (SSSR count). The van der Waals surface area contributed by atoms with Crippen LogP contribution in [0.5, 0.6) is 0 Å². The van der Waals surface area contributed by atoms with Crippen molar-refractivity contribution in [2.45, 2.75) is 25.8 Å². The van der Waals surface area contributed by atoms with E-state index in [0.717, 1.165) is 46.2 Å². The lowest BCUT2D eigenvalue weighted by Crippen LogP contribution is -2.40. The first-order valence-corrected chi connectivity index (χ1v) is 11.9. The summed E-state index contributed by atoms with van der Waals surface area (Å²) in [5, 5.41) is 5.34. The number of benzene rings is 2. The molecule has 5 aromatic rings. The molecule has 8 heteroatoms. The monoisotopic (exact) mass is 466 g/mol. The normalized spacial score (nSPS) is 14.7. The van der Waals surface area contributed by atoms with Gasteiger partial charge in [-0.2, -0.15) is 5.10 Å². The van der Waals surface area contributed by atoms with Crippen LogP contribution in [0.25, 0.3) is 33.3 Å². The third-order valence-electron chi connectivity index (χ3n) is 7.01. The highest BCUT2D eigenvalue weighted by atomic mass is 16.2. The number of fused-ring (bicyclic) bond motifs is 2. The lowest BCUT2D eigenvalue weighted by atomic mass is 10.0. The van der Waals surface area contributed by atoms with Crippen molar-refractivity contribution in [1.29, 1.82) is 0 Å². The molecule has 1 N–H and O–H groups in total. The Morgan fingerprint density at radius 1 is 1.03 bits per heavy atom. The summed E-state index contributed by atoms with van der Waals surface area (Å²) < 4.78 is 3.59. The molecule has 1 aliphatic heterocycles. The number of amides is 1. The molecule has 0 saturated carbocycles.